The number of thiazole rings is 1. The second kappa shape index (κ2) is 9.41. The molecule has 0 radical (unpaired) electrons. The van der Waals surface area contributed by atoms with Crippen LogP contribution in [-0.4, -0.2) is 43.6 Å². The number of hydrogen-bond acceptors (Lipinski definition) is 8. The zero-order valence-electron chi connectivity index (χ0n) is 16.2. The third-order valence-corrected chi connectivity index (χ3v) is 6.40. The van der Waals surface area contributed by atoms with Gasteiger partial charge in [0.1, 0.15) is 16.4 Å². The Morgan fingerprint density at radius 3 is 2.55 bits per heavy atom. The molecule has 12 heteroatoms. The summed E-state index contributed by atoms with van der Waals surface area (Å²) in [5.74, 6) is -0.375. The summed E-state index contributed by atoms with van der Waals surface area (Å²) in [6.45, 7) is 0.372. The van der Waals surface area contributed by atoms with Crippen LogP contribution in [0.3, 0.4) is 0 Å². The van der Waals surface area contributed by atoms with E-state index >= 15 is 0 Å². The number of anilines is 1. The quantitative estimate of drug-likeness (QED) is 0.286. The van der Waals surface area contributed by atoms with Crippen molar-refractivity contribution >= 4 is 50.1 Å². The molecule has 0 saturated carbocycles. The molecule has 162 valence electrons. The molecule has 3 aromatic rings. The summed E-state index contributed by atoms with van der Waals surface area (Å²) in [7, 11) is -3.56. The first-order valence-corrected chi connectivity index (χ1v) is 12.0. The topological polar surface area (TPSA) is 131 Å². The second-order valence-corrected chi connectivity index (χ2v) is 9.75. The van der Waals surface area contributed by atoms with Crippen molar-refractivity contribution in [2.75, 3.05) is 24.7 Å². The number of benzene rings is 2. The van der Waals surface area contributed by atoms with E-state index in [1.54, 1.807) is 17.5 Å². The van der Waals surface area contributed by atoms with Crippen molar-refractivity contribution in [1.29, 1.82) is 0 Å². The highest BCUT2D eigenvalue weighted by atomic mass is 35.5. The number of nitrogens with one attached hydrogen (secondary N) is 2. The zero-order chi connectivity index (χ0) is 22.6. The fourth-order valence-corrected chi connectivity index (χ4v) is 4.18. The second-order valence-electron chi connectivity index (χ2n) is 6.44. The maximum atomic E-state index is 12.3. The van der Waals surface area contributed by atoms with Gasteiger partial charge in [0.25, 0.3) is 11.6 Å². The van der Waals surface area contributed by atoms with Crippen LogP contribution in [0.25, 0.3) is 10.6 Å². The average Bonchev–Trinajstić information content (AvgIpc) is 3.21. The van der Waals surface area contributed by atoms with Crippen molar-refractivity contribution in [2.24, 2.45) is 0 Å². The maximum Gasteiger partial charge on any atom is 0.293 e. The van der Waals surface area contributed by atoms with Crippen LogP contribution in [0, 0.1) is 10.1 Å². The van der Waals surface area contributed by atoms with Crippen molar-refractivity contribution in [1.82, 2.24) is 10.3 Å². The lowest BCUT2D eigenvalue weighted by molar-refractivity contribution is -0.384. The number of hydrogen-bond donors (Lipinski definition) is 2. The number of nitrogens with zero attached hydrogens (tertiary/aromatic N) is 2. The molecule has 2 aromatic carbocycles. The van der Waals surface area contributed by atoms with Crippen LogP contribution < -0.4 is 10.6 Å². The van der Waals surface area contributed by atoms with Crippen LogP contribution in [-0.2, 0) is 9.84 Å². The van der Waals surface area contributed by atoms with E-state index in [1.165, 1.54) is 23.5 Å². The lowest BCUT2D eigenvalue weighted by Gasteiger charge is -2.09. The molecule has 0 fully saturated rings. The van der Waals surface area contributed by atoms with E-state index in [1.807, 2.05) is 12.1 Å². The van der Waals surface area contributed by atoms with Crippen LogP contribution in [0.2, 0.25) is 5.02 Å². The first-order chi connectivity index (χ1) is 14.6. The van der Waals surface area contributed by atoms with Gasteiger partial charge in [0.05, 0.1) is 9.82 Å². The zero-order valence-corrected chi connectivity index (χ0v) is 18.6. The number of carbonyl (C=O) groups is 1. The molecule has 1 heterocycles. The Morgan fingerprint density at radius 1 is 1.19 bits per heavy atom. The summed E-state index contributed by atoms with van der Waals surface area (Å²) in [4.78, 5) is 27.1. The highest BCUT2D eigenvalue weighted by molar-refractivity contribution is 7.90. The number of halogens is 1. The Bertz CT molecular complexity index is 1230. The summed E-state index contributed by atoms with van der Waals surface area (Å²) < 4.78 is 23.2. The van der Waals surface area contributed by atoms with Crippen LogP contribution in [0.15, 0.2) is 52.7 Å². The van der Waals surface area contributed by atoms with Crippen molar-refractivity contribution in [2.45, 2.75) is 4.90 Å². The van der Waals surface area contributed by atoms with Crippen molar-refractivity contribution < 1.29 is 18.1 Å². The minimum Gasteiger partial charge on any atom is -0.378 e. The molecule has 0 unspecified atom stereocenters. The van der Waals surface area contributed by atoms with Crippen LogP contribution in [0.1, 0.15) is 10.5 Å². The molecule has 0 spiro atoms. The van der Waals surface area contributed by atoms with Crippen LogP contribution >= 0.6 is 22.9 Å². The van der Waals surface area contributed by atoms with Gasteiger partial charge in [0.15, 0.2) is 9.84 Å². The molecule has 0 aliphatic carbocycles. The van der Waals surface area contributed by atoms with Crippen molar-refractivity contribution in [3.05, 3.63) is 68.7 Å². The molecule has 1 aromatic heterocycles. The predicted octanol–water partition coefficient (Wildman–Crippen LogP) is 3.62. The largest absolute Gasteiger partial charge is 0.378 e. The van der Waals surface area contributed by atoms with E-state index in [9.17, 15) is 23.3 Å². The van der Waals surface area contributed by atoms with Crippen LogP contribution in [0.5, 0.6) is 0 Å². The summed E-state index contributed by atoms with van der Waals surface area (Å²) in [6.07, 6.45) is 0.978. The highest BCUT2D eigenvalue weighted by Gasteiger charge is 2.18. The normalized spacial score (nSPS) is 11.2. The van der Waals surface area contributed by atoms with Gasteiger partial charge in [-0.2, -0.15) is 0 Å². The summed E-state index contributed by atoms with van der Waals surface area (Å²) in [6, 6.07) is 10.7. The molecule has 9 nitrogen and oxygen atoms in total. The van der Waals surface area contributed by atoms with Crippen LogP contribution in [0.4, 0.5) is 11.4 Å². The lowest BCUT2D eigenvalue weighted by atomic mass is 10.2. The third kappa shape index (κ3) is 5.78. The first kappa shape index (κ1) is 22.7. The Balaban J connectivity index is 1.58. The van der Waals surface area contributed by atoms with Gasteiger partial charge in [-0.15, -0.1) is 11.3 Å². The number of nitro benzene ring substituents is 1. The molecule has 0 bridgehead atoms. The van der Waals surface area contributed by atoms with Gasteiger partial charge >= 0.3 is 0 Å². The average molecular weight is 481 g/mol. The van der Waals surface area contributed by atoms with E-state index in [0.717, 1.165) is 17.9 Å². The number of nitro groups is 1. The van der Waals surface area contributed by atoms with Gasteiger partial charge in [-0.05, 0) is 24.3 Å². The van der Waals surface area contributed by atoms with E-state index < -0.39 is 14.8 Å². The monoisotopic (exact) mass is 480 g/mol. The van der Waals surface area contributed by atoms with Gasteiger partial charge in [-0.3, -0.25) is 14.9 Å². The van der Waals surface area contributed by atoms with Gasteiger partial charge in [-0.1, -0.05) is 23.7 Å². The third-order valence-electron chi connectivity index (χ3n) is 4.15. The Morgan fingerprint density at radius 2 is 1.90 bits per heavy atom. The first-order valence-electron chi connectivity index (χ1n) is 8.87. The number of aromatic nitrogens is 1. The Kier molecular flexibility index (Phi) is 6.88. The lowest BCUT2D eigenvalue weighted by Crippen LogP contribution is -2.29. The van der Waals surface area contributed by atoms with Gasteiger partial charge in [-0.25, -0.2) is 13.4 Å². The standard InChI is InChI=1S/C19H17ClN4O5S2/c1-31(28,29)14-6-7-15(17(10-14)24(26)27)21-8-9-22-18(25)16-11-30-19(23-16)12-2-4-13(20)5-3-12/h2-7,10-11,21H,8-9H2,1H3,(H,22,25). The molecule has 31 heavy (non-hydrogen) atoms. The highest BCUT2D eigenvalue weighted by Crippen LogP contribution is 2.27. The molecule has 1 amide bonds. The number of carbonyl (C=O) groups excluding carboxylic acids is 1. The molecule has 0 aliphatic rings. The fourth-order valence-electron chi connectivity index (χ4n) is 2.61. The van der Waals surface area contributed by atoms with Gasteiger partial charge < -0.3 is 10.6 Å². The summed E-state index contributed by atoms with van der Waals surface area (Å²) in [5.41, 5.74) is 0.907. The molecular weight excluding hydrogens is 464 g/mol. The number of rotatable bonds is 8. The van der Waals surface area contributed by atoms with Gasteiger partial charge in [0, 0.05) is 41.4 Å². The molecule has 0 aliphatic heterocycles. The van der Waals surface area contributed by atoms with Gasteiger partial charge in [0.2, 0.25) is 0 Å². The number of sulfone groups is 1. The molecule has 0 saturated heterocycles. The van der Waals surface area contributed by atoms with Crippen molar-refractivity contribution in [3.63, 3.8) is 0 Å². The molecule has 0 atom stereocenters. The molecule has 2 N–H and O–H groups in total. The summed E-state index contributed by atoms with van der Waals surface area (Å²) in [5, 5.41) is 19.7. The Hall–Kier alpha value is -3.02. The van der Waals surface area contributed by atoms with E-state index in [2.05, 4.69) is 15.6 Å². The summed E-state index contributed by atoms with van der Waals surface area (Å²) >= 11 is 7.20. The minimum absolute atomic E-state index is 0.141. The fraction of sp³-hybridized carbons (Fsp3) is 0.158. The Labute approximate surface area is 187 Å². The van der Waals surface area contributed by atoms with E-state index in [0.29, 0.717) is 10.0 Å². The molecule has 3 rings (SSSR count). The number of amides is 1. The van der Waals surface area contributed by atoms with Crippen molar-refractivity contribution in [3.8, 4) is 10.6 Å². The van der Waals surface area contributed by atoms with E-state index in [-0.39, 0.29) is 41.0 Å². The smallest absolute Gasteiger partial charge is 0.293 e. The van der Waals surface area contributed by atoms with E-state index in [4.69, 9.17) is 11.6 Å². The molecular formula is C19H17ClN4O5S2. The predicted molar refractivity (Wildman–Crippen MR) is 120 cm³/mol. The minimum atomic E-state index is -3.56. The SMILES string of the molecule is CS(=O)(=O)c1ccc(NCCNC(=O)c2csc(-c3ccc(Cl)cc3)n2)c([N+](=O)[O-])c1. The maximum absolute atomic E-state index is 12.3.